The van der Waals surface area contributed by atoms with E-state index in [-0.39, 0.29) is 4.90 Å². The predicted molar refractivity (Wildman–Crippen MR) is 75.0 cm³/mol. The van der Waals surface area contributed by atoms with Gasteiger partial charge in [0, 0.05) is 19.8 Å². The lowest BCUT2D eigenvalue weighted by Crippen LogP contribution is -2.28. The van der Waals surface area contributed by atoms with E-state index in [1.165, 1.54) is 16.7 Å². The van der Waals surface area contributed by atoms with Crippen molar-refractivity contribution < 1.29 is 13.2 Å². The summed E-state index contributed by atoms with van der Waals surface area (Å²) in [5, 5.41) is 6.15. The van der Waals surface area contributed by atoms with Crippen LogP contribution in [0.1, 0.15) is 6.42 Å². The fourth-order valence-corrected chi connectivity index (χ4v) is 2.79. The lowest BCUT2D eigenvalue weighted by molar-refractivity contribution is 0.296. The van der Waals surface area contributed by atoms with E-state index in [2.05, 4.69) is 10.2 Å². The van der Waals surface area contributed by atoms with Crippen molar-refractivity contribution in [3.05, 3.63) is 42.7 Å². The third kappa shape index (κ3) is 3.58. The number of benzene rings is 1. The maximum Gasteiger partial charge on any atom is 0.245 e. The highest BCUT2D eigenvalue weighted by Gasteiger charge is 2.21. The Labute approximate surface area is 118 Å². The molecule has 6 nitrogen and oxygen atoms in total. The molecular formula is C13H17N3O3S. The second-order valence-electron chi connectivity index (χ2n) is 4.28. The van der Waals surface area contributed by atoms with Gasteiger partial charge in [-0.05, 0) is 18.6 Å². The molecule has 1 heterocycles. The summed E-state index contributed by atoms with van der Waals surface area (Å²) in [4.78, 5) is 0.170. The van der Waals surface area contributed by atoms with E-state index in [9.17, 15) is 8.42 Å². The first-order valence-electron chi connectivity index (χ1n) is 6.23. The van der Waals surface area contributed by atoms with E-state index in [1.807, 2.05) is 30.3 Å². The normalized spacial score (nSPS) is 11.7. The van der Waals surface area contributed by atoms with Crippen molar-refractivity contribution in [3.63, 3.8) is 0 Å². The molecular weight excluding hydrogens is 278 g/mol. The first kappa shape index (κ1) is 14.5. The summed E-state index contributed by atoms with van der Waals surface area (Å²) in [5.74, 6) is 0.785. The lowest BCUT2D eigenvalue weighted by Gasteiger charge is -2.16. The van der Waals surface area contributed by atoms with Crippen molar-refractivity contribution in [2.24, 2.45) is 0 Å². The van der Waals surface area contributed by atoms with Crippen LogP contribution in [0.2, 0.25) is 0 Å². The third-order valence-electron chi connectivity index (χ3n) is 2.81. The van der Waals surface area contributed by atoms with Crippen molar-refractivity contribution >= 4 is 10.0 Å². The lowest BCUT2D eigenvalue weighted by atomic mass is 10.3. The summed E-state index contributed by atoms with van der Waals surface area (Å²) in [7, 11) is -1.91. The van der Waals surface area contributed by atoms with Crippen molar-refractivity contribution in [2.45, 2.75) is 11.3 Å². The highest BCUT2D eigenvalue weighted by atomic mass is 32.2. The molecule has 1 aromatic carbocycles. The minimum Gasteiger partial charge on any atom is -0.494 e. The fraction of sp³-hybridized carbons (Fsp3) is 0.308. The number of H-pyrrole nitrogens is 1. The average molecular weight is 295 g/mol. The molecule has 0 atom stereocenters. The topological polar surface area (TPSA) is 75.3 Å². The van der Waals surface area contributed by atoms with Crippen molar-refractivity contribution in [3.8, 4) is 5.75 Å². The number of nitrogens with one attached hydrogen (secondary N) is 1. The van der Waals surface area contributed by atoms with E-state index < -0.39 is 10.0 Å². The van der Waals surface area contributed by atoms with Crippen molar-refractivity contribution in [1.82, 2.24) is 14.5 Å². The van der Waals surface area contributed by atoms with E-state index in [1.54, 1.807) is 7.05 Å². The summed E-state index contributed by atoms with van der Waals surface area (Å²) < 4.78 is 31.0. The number of hydrogen-bond acceptors (Lipinski definition) is 4. The van der Waals surface area contributed by atoms with Gasteiger partial charge >= 0.3 is 0 Å². The van der Waals surface area contributed by atoms with Crippen LogP contribution in [0.15, 0.2) is 47.6 Å². The summed E-state index contributed by atoms with van der Waals surface area (Å²) in [5.41, 5.74) is 0. The number of rotatable bonds is 7. The third-order valence-corrected chi connectivity index (χ3v) is 4.63. The fourth-order valence-electron chi connectivity index (χ4n) is 1.67. The van der Waals surface area contributed by atoms with E-state index >= 15 is 0 Å². The van der Waals surface area contributed by atoms with Gasteiger partial charge in [-0.2, -0.15) is 5.10 Å². The molecule has 0 fully saturated rings. The molecule has 1 aromatic heterocycles. The predicted octanol–water partition coefficient (Wildman–Crippen LogP) is 1.50. The largest absolute Gasteiger partial charge is 0.494 e. The molecule has 0 unspecified atom stereocenters. The zero-order chi connectivity index (χ0) is 14.4. The Balaban J connectivity index is 1.80. The highest BCUT2D eigenvalue weighted by Crippen LogP contribution is 2.12. The van der Waals surface area contributed by atoms with Gasteiger partial charge in [0.05, 0.1) is 12.8 Å². The summed E-state index contributed by atoms with van der Waals surface area (Å²) in [6.45, 7) is 0.857. The van der Waals surface area contributed by atoms with Crippen LogP contribution in [0, 0.1) is 0 Å². The van der Waals surface area contributed by atoms with Crippen LogP contribution >= 0.6 is 0 Å². The van der Waals surface area contributed by atoms with Gasteiger partial charge < -0.3 is 4.74 Å². The van der Waals surface area contributed by atoms with Crippen LogP contribution in [-0.4, -0.2) is 43.1 Å². The molecule has 7 heteroatoms. The molecule has 2 aromatic rings. The quantitative estimate of drug-likeness (QED) is 0.785. The number of aromatic nitrogens is 2. The molecule has 0 saturated carbocycles. The van der Waals surface area contributed by atoms with Crippen LogP contribution in [0.3, 0.4) is 0 Å². The molecule has 0 radical (unpaired) electrons. The zero-order valence-corrected chi connectivity index (χ0v) is 12.0. The van der Waals surface area contributed by atoms with Gasteiger partial charge in [-0.3, -0.25) is 5.10 Å². The number of para-hydroxylation sites is 1. The molecule has 0 aliphatic heterocycles. The van der Waals surface area contributed by atoms with Gasteiger partial charge in [-0.15, -0.1) is 0 Å². The standard InChI is InChI=1S/C13H17N3O3S/c1-16(20(17,18)13-10-14-15-11-13)8-5-9-19-12-6-3-2-4-7-12/h2-4,6-7,10-11H,5,8-9H2,1H3,(H,14,15). The highest BCUT2D eigenvalue weighted by molar-refractivity contribution is 7.89. The van der Waals surface area contributed by atoms with Gasteiger partial charge in [0.25, 0.3) is 0 Å². The van der Waals surface area contributed by atoms with E-state index in [0.29, 0.717) is 19.6 Å². The Morgan fingerprint density at radius 1 is 1.30 bits per heavy atom. The Bertz CT molecular complexity index is 612. The minimum absolute atomic E-state index is 0.170. The van der Waals surface area contributed by atoms with Crippen LogP contribution in [-0.2, 0) is 10.0 Å². The monoisotopic (exact) mass is 295 g/mol. The first-order chi connectivity index (χ1) is 9.60. The Morgan fingerprint density at radius 3 is 2.70 bits per heavy atom. The SMILES string of the molecule is CN(CCCOc1ccccc1)S(=O)(=O)c1cn[nH]c1. The molecule has 0 aliphatic rings. The number of aromatic amines is 1. The van der Waals surface area contributed by atoms with Gasteiger partial charge in [0.15, 0.2) is 0 Å². The summed E-state index contributed by atoms with van der Waals surface area (Å²) in [6, 6.07) is 9.44. The molecule has 0 aliphatic carbocycles. The molecule has 108 valence electrons. The maximum absolute atomic E-state index is 12.1. The van der Waals surface area contributed by atoms with E-state index in [0.717, 1.165) is 5.75 Å². The van der Waals surface area contributed by atoms with Gasteiger partial charge in [-0.25, -0.2) is 12.7 Å². The first-order valence-corrected chi connectivity index (χ1v) is 7.67. The van der Waals surface area contributed by atoms with E-state index in [4.69, 9.17) is 4.74 Å². The molecule has 0 spiro atoms. The van der Waals surface area contributed by atoms with Crippen LogP contribution < -0.4 is 4.74 Å². The molecule has 0 saturated heterocycles. The van der Waals surface area contributed by atoms with Crippen LogP contribution in [0.25, 0.3) is 0 Å². The second kappa shape index (κ2) is 6.53. The summed E-state index contributed by atoms with van der Waals surface area (Å²) in [6.07, 6.45) is 3.28. The molecule has 20 heavy (non-hydrogen) atoms. The average Bonchev–Trinajstić information content (AvgIpc) is 2.99. The summed E-state index contributed by atoms with van der Waals surface area (Å²) >= 11 is 0. The van der Waals surface area contributed by atoms with Crippen molar-refractivity contribution in [2.75, 3.05) is 20.2 Å². The van der Waals surface area contributed by atoms with Crippen LogP contribution in [0.5, 0.6) is 5.75 Å². The number of hydrogen-bond donors (Lipinski definition) is 1. The number of ether oxygens (including phenoxy) is 1. The molecule has 0 amide bonds. The van der Waals surface area contributed by atoms with Crippen LogP contribution in [0.4, 0.5) is 0 Å². The maximum atomic E-state index is 12.1. The van der Waals surface area contributed by atoms with Crippen molar-refractivity contribution in [1.29, 1.82) is 0 Å². The minimum atomic E-state index is -3.46. The smallest absolute Gasteiger partial charge is 0.245 e. The molecule has 0 bridgehead atoms. The zero-order valence-electron chi connectivity index (χ0n) is 11.2. The second-order valence-corrected chi connectivity index (χ2v) is 6.32. The Morgan fingerprint density at radius 2 is 2.05 bits per heavy atom. The van der Waals surface area contributed by atoms with Gasteiger partial charge in [0.1, 0.15) is 10.6 Å². The molecule has 2 rings (SSSR count). The number of nitrogens with zero attached hydrogens (tertiary/aromatic N) is 2. The number of sulfonamides is 1. The Kier molecular flexibility index (Phi) is 4.75. The Hall–Kier alpha value is -1.86. The van der Waals surface area contributed by atoms with Gasteiger partial charge in [-0.1, -0.05) is 18.2 Å². The van der Waals surface area contributed by atoms with Gasteiger partial charge in [0.2, 0.25) is 10.0 Å². The molecule has 1 N–H and O–H groups in total.